The fourth-order valence-electron chi connectivity index (χ4n) is 2.08. The van der Waals surface area contributed by atoms with Gasteiger partial charge >= 0.3 is 0 Å². The van der Waals surface area contributed by atoms with Crippen LogP contribution in [-0.4, -0.2) is 31.1 Å². The van der Waals surface area contributed by atoms with Gasteiger partial charge in [0.05, 0.1) is 0 Å². The van der Waals surface area contributed by atoms with E-state index in [1.165, 1.54) is 37.8 Å². The van der Waals surface area contributed by atoms with Gasteiger partial charge < -0.3 is 10.2 Å². The summed E-state index contributed by atoms with van der Waals surface area (Å²) in [6, 6.07) is 8.98. The minimum atomic E-state index is 0.813. The molecule has 1 N–H and O–H groups in total. The van der Waals surface area contributed by atoms with Crippen molar-refractivity contribution in [3.05, 3.63) is 34.9 Å². The van der Waals surface area contributed by atoms with Crippen molar-refractivity contribution in [3.8, 4) is 0 Å². The van der Waals surface area contributed by atoms with E-state index in [2.05, 4.69) is 29.4 Å². The third kappa shape index (κ3) is 5.38. The Morgan fingerprint density at radius 3 is 2.61 bits per heavy atom. The molecule has 0 spiro atoms. The molecule has 0 aromatic heterocycles. The molecule has 2 rings (SSSR count). The van der Waals surface area contributed by atoms with Gasteiger partial charge in [0.15, 0.2) is 0 Å². The highest BCUT2D eigenvalue weighted by atomic mass is 35.5. The van der Waals surface area contributed by atoms with Gasteiger partial charge in [-0.3, -0.25) is 0 Å². The first-order valence-electron chi connectivity index (χ1n) is 6.90. The molecule has 18 heavy (non-hydrogen) atoms. The molecule has 1 aliphatic carbocycles. The third-order valence-corrected chi connectivity index (χ3v) is 3.59. The lowest BCUT2D eigenvalue weighted by Crippen LogP contribution is -2.22. The Balaban J connectivity index is 1.56. The number of halogens is 1. The highest BCUT2D eigenvalue weighted by Crippen LogP contribution is 2.18. The predicted octanol–water partition coefficient (Wildman–Crippen LogP) is 3.30. The van der Waals surface area contributed by atoms with Gasteiger partial charge in [-0.25, -0.2) is 0 Å². The monoisotopic (exact) mass is 266 g/mol. The number of hydrogen-bond donors (Lipinski definition) is 1. The van der Waals surface area contributed by atoms with Crippen LogP contribution in [0, 0.1) is 0 Å². The molecule has 1 fully saturated rings. The van der Waals surface area contributed by atoms with Gasteiger partial charge in [0.25, 0.3) is 0 Å². The molecule has 0 saturated heterocycles. The molecule has 0 aliphatic heterocycles. The van der Waals surface area contributed by atoms with Crippen LogP contribution in [0.15, 0.2) is 24.3 Å². The van der Waals surface area contributed by atoms with Crippen molar-refractivity contribution in [2.75, 3.05) is 20.1 Å². The maximum absolute atomic E-state index is 5.88. The van der Waals surface area contributed by atoms with Crippen LogP contribution in [0.2, 0.25) is 5.02 Å². The van der Waals surface area contributed by atoms with Crippen LogP contribution in [-0.2, 0) is 6.54 Å². The molecular weight excluding hydrogens is 244 g/mol. The van der Waals surface area contributed by atoms with E-state index in [-0.39, 0.29) is 0 Å². The summed E-state index contributed by atoms with van der Waals surface area (Å²) in [7, 11) is 2.18. The molecule has 3 heteroatoms. The maximum Gasteiger partial charge on any atom is 0.0406 e. The summed E-state index contributed by atoms with van der Waals surface area (Å²) < 4.78 is 0. The minimum absolute atomic E-state index is 0.813. The summed E-state index contributed by atoms with van der Waals surface area (Å²) in [6.45, 7) is 3.35. The van der Waals surface area contributed by atoms with Gasteiger partial charge in [-0.05, 0) is 63.5 Å². The summed E-state index contributed by atoms with van der Waals surface area (Å²) in [5.41, 5.74) is 1.33. The van der Waals surface area contributed by atoms with Crippen molar-refractivity contribution in [3.63, 3.8) is 0 Å². The van der Waals surface area contributed by atoms with Crippen LogP contribution < -0.4 is 5.32 Å². The van der Waals surface area contributed by atoms with E-state index in [9.17, 15) is 0 Å². The smallest absolute Gasteiger partial charge is 0.0406 e. The first kappa shape index (κ1) is 13.9. The zero-order valence-electron chi connectivity index (χ0n) is 11.2. The van der Waals surface area contributed by atoms with Crippen LogP contribution in [0.3, 0.4) is 0 Å². The average Bonchev–Trinajstić information content (AvgIpc) is 3.16. The van der Waals surface area contributed by atoms with E-state index < -0.39 is 0 Å². The van der Waals surface area contributed by atoms with E-state index in [1.807, 2.05) is 12.1 Å². The van der Waals surface area contributed by atoms with Crippen molar-refractivity contribution in [2.45, 2.75) is 38.3 Å². The maximum atomic E-state index is 5.88. The number of unbranched alkanes of at least 4 members (excludes halogenated alkanes) is 1. The average molecular weight is 267 g/mol. The molecule has 0 unspecified atom stereocenters. The number of nitrogens with one attached hydrogen (secondary N) is 1. The Morgan fingerprint density at radius 1 is 1.22 bits per heavy atom. The van der Waals surface area contributed by atoms with Crippen molar-refractivity contribution < 1.29 is 0 Å². The second kappa shape index (κ2) is 7.13. The zero-order valence-corrected chi connectivity index (χ0v) is 11.9. The topological polar surface area (TPSA) is 15.3 Å². The Kier molecular flexibility index (Phi) is 5.48. The molecule has 0 amide bonds. The van der Waals surface area contributed by atoms with Crippen LogP contribution in [0.4, 0.5) is 0 Å². The van der Waals surface area contributed by atoms with Crippen LogP contribution in [0.25, 0.3) is 0 Å². The Bertz CT molecular complexity index is 346. The Hall–Kier alpha value is -0.570. The van der Waals surface area contributed by atoms with Gasteiger partial charge in [-0.1, -0.05) is 23.7 Å². The second-order valence-corrected chi connectivity index (χ2v) is 5.74. The van der Waals surface area contributed by atoms with Crippen molar-refractivity contribution in [1.29, 1.82) is 0 Å². The first-order chi connectivity index (χ1) is 8.74. The highest BCUT2D eigenvalue weighted by Gasteiger charge is 2.19. The van der Waals surface area contributed by atoms with Crippen LogP contribution >= 0.6 is 11.6 Å². The van der Waals surface area contributed by atoms with Crippen molar-refractivity contribution in [1.82, 2.24) is 10.2 Å². The third-order valence-electron chi connectivity index (χ3n) is 3.34. The van der Waals surface area contributed by atoms with E-state index in [0.717, 1.165) is 24.2 Å². The summed E-state index contributed by atoms with van der Waals surface area (Å²) in [5, 5.41) is 4.37. The number of hydrogen-bond acceptors (Lipinski definition) is 2. The molecule has 0 heterocycles. The Labute approximate surface area is 115 Å². The zero-order chi connectivity index (χ0) is 12.8. The number of benzene rings is 1. The molecule has 0 radical (unpaired) electrons. The normalized spacial score (nSPS) is 15.3. The standard InChI is InChI=1S/C15H23ClN2/c1-18(11-3-2-10-17-15-8-9-15)12-13-4-6-14(16)7-5-13/h4-7,15,17H,2-3,8-12H2,1H3. The van der Waals surface area contributed by atoms with Gasteiger partial charge in [-0.2, -0.15) is 0 Å². The molecule has 1 aliphatic rings. The first-order valence-corrected chi connectivity index (χ1v) is 7.28. The molecular formula is C15H23ClN2. The fraction of sp³-hybridized carbons (Fsp3) is 0.600. The lowest BCUT2D eigenvalue weighted by atomic mass is 10.2. The van der Waals surface area contributed by atoms with E-state index in [1.54, 1.807) is 0 Å². The molecule has 2 nitrogen and oxygen atoms in total. The van der Waals surface area contributed by atoms with Crippen LogP contribution in [0.1, 0.15) is 31.2 Å². The second-order valence-electron chi connectivity index (χ2n) is 5.30. The number of rotatable bonds is 8. The van der Waals surface area contributed by atoms with E-state index >= 15 is 0 Å². The summed E-state index contributed by atoms with van der Waals surface area (Å²) in [4.78, 5) is 2.38. The van der Waals surface area contributed by atoms with Gasteiger partial charge in [-0.15, -0.1) is 0 Å². The number of nitrogens with zero attached hydrogens (tertiary/aromatic N) is 1. The van der Waals surface area contributed by atoms with Crippen molar-refractivity contribution >= 4 is 11.6 Å². The summed E-state index contributed by atoms with van der Waals surface area (Å²) >= 11 is 5.88. The van der Waals surface area contributed by atoms with E-state index in [4.69, 9.17) is 11.6 Å². The molecule has 0 atom stereocenters. The SMILES string of the molecule is CN(CCCCNC1CC1)Cc1ccc(Cl)cc1. The Morgan fingerprint density at radius 2 is 1.94 bits per heavy atom. The predicted molar refractivity (Wildman–Crippen MR) is 78.0 cm³/mol. The van der Waals surface area contributed by atoms with Crippen LogP contribution in [0.5, 0.6) is 0 Å². The summed E-state index contributed by atoms with van der Waals surface area (Å²) in [5.74, 6) is 0. The molecule has 100 valence electrons. The van der Waals surface area contributed by atoms with Gasteiger partial charge in [0, 0.05) is 17.6 Å². The highest BCUT2D eigenvalue weighted by molar-refractivity contribution is 6.30. The quantitative estimate of drug-likeness (QED) is 0.727. The fourth-order valence-corrected chi connectivity index (χ4v) is 2.21. The largest absolute Gasteiger partial charge is 0.314 e. The molecule has 1 saturated carbocycles. The van der Waals surface area contributed by atoms with Gasteiger partial charge in [0.2, 0.25) is 0 Å². The lowest BCUT2D eigenvalue weighted by molar-refractivity contribution is 0.317. The summed E-state index contributed by atoms with van der Waals surface area (Å²) in [6.07, 6.45) is 5.32. The molecule has 1 aromatic rings. The lowest BCUT2D eigenvalue weighted by Gasteiger charge is -2.16. The minimum Gasteiger partial charge on any atom is -0.314 e. The van der Waals surface area contributed by atoms with E-state index in [0.29, 0.717) is 0 Å². The van der Waals surface area contributed by atoms with Gasteiger partial charge in [0.1, 0.15) is 0 Å². The molecule has 0 bridgehead atoms. The molecule has 1 aromatic carbocycles. The van der Waals surface area contributed by atoms with Crippen molar-refractivity contribution in [2.24, 2.45) is 0 Å².